The van der Waals surface area contributed by atoms with E-state index in [4.69, 9.17) is 4.74 Å². The third-order valence-corrected chi connectivity index (χ3v) is 1.52. The number of aliphatic hydroxyl groups is 1. The minimum Gasteiger partial charge on any atom is -0.465 e. The van der Waals surface area contributed by atoms with Gasteiger partial charge in [-0.15, -0.1) is 5.73 Å². The number of ether oxygens (including phenoxy) is 2. The first-order valence-electron chi connectivity index (χ1n) is 4.46. The molecule has 1 N–H and O–H groups in total. The number of allylic oxidation sites excluding steroid dienone is 1. The summed E-state index contributed by atoms with van der Waals surface area (Å²) in [5, 5.41) is 9.27. The molecular formula is C11H16O4. The number of hydrogen-bond donors (Lipinski definition) is 1. The summed E-state index contributed by atoms with van der Waals surface area (Å²) in [5.41, 5.74) is 3.43. The zero-order valence-electron chi connectivity index (χ0n) is 9.19. The number of carbonyl (C=O) groups excluding carboxylic acids is 1. The van der Waals surface area contributed by atoms with Crippen LogP contribution < -0.4 is 0 Å². The predicted molar refractivity (Wildman–Crippen MR) is 56.3 cm³/mol. The second-order valence-corrected chi connectivity index (χ2v) is 2.88. The molecule has 0 aromatic rings. The van der Waals surface area contributed by atoms with Crippen LogP contribution in [0.2, 0.25) is 0 Å². The first-order valence-corrected chi connectivity index (χ1v) is 4.46. The van der Waals surface area contributed by atoms with E-state index in [1.807, 2.05) is 0 Å². The SMILES string of the molecule is COC[C@H](O)/C=C/C(C)=C=CC(=O)OC. The van der Waals surface area contributed by atoms with Gasteiger partial charge in [-0.3, -0.25) is 0 Å². The van der Waals surface area contributed by atoms with Gasteiger partial charge in [-0.2, -0.15) is 0 Å². The summed E-state index contributed by atoms with van der Waals surface area (Å²) in [6.45, 7) is 2.00. The Morgan fingerprint density at radius 2 is 2.20 bits per heavy atom. The Kier molecular flexibility index (Phi) is 7.28. The van der Waals surface area contributed by atoms with E-state index in [-0.39, 0.29) is 6.61 Å². The van der Waals surface area contributed by atoms with E-state index in [2.05, 4.69) is 10.5 Å². The average Bonchev–Trinajstić information content (AvgIpc) is 2.23. The van der Waals surface area contributed by atoms with Crippen LogP contribution in [0.1, 0.15) is 6.92 Å². The van der Waals surface area contributed by atoms with Crippen molar-refractivity contribution in [3.05, 3.63) is 29.5 Å². The lowest BCUT2D eigenvalue weighted by molar-refractivity contribution is -0.134. The Morgan fingerprint density at radius 1 is 1.53 bits per heavy atom. The maximum Gasteiger partial charge on any atom is 0.338 e. The second-order valence-electron chi connectivity index (χ2n) is 2.88. The molecule has 0 rings (SSSR count). The van der Waals surface area contributed by atoms with Crippen LogP contribution in [0.4, 0.5) is 0 Å². The number of hydrogen-bond acceptors (Lipinski definition) is 4. The standard InChI is InChI=1S/C11H16O4/c1-9(5-7-11(13)15-3)4-6-10(12)8-14-2/h4,6-7,10,12H,8H2,1-3H3/b6-4+/t5?,10-/m1/s1. The Hall–Kier alpha value is -1.35. The van der Waals surface area contributed by atoms with Gasteiger partial charge in [0.25, 0.3) is 0 Å². The minimum atomic E-state index is -0.648. The predicted octanol–water partition coefficient (Wildman–Crippen LogP) is 0.824. The van der Waals surface area contributed by atoms with Gasteiger partial charge in [0, 0.05) is 7.11 Å². The van der Waals surface area contributed by atoms with Crippen molar-refractivity contribution in [2.24, 2.45) is 0 Å². The Morgan fingerprint density at radius 3 is 2.73 bits per heavy atom. The van der Waals surface area contributed by atoms with E-state index in [0.29, 0.717) is 0 Å². The van der Waals surface area contributed by atoms with Crippen LogP contribution in [0.5, 0.6) is 0 Å². The summed E-state index contributed by atoms with van der Waals surface area (Å²) >= 11 is 0. The smallest absolute Gasteiger partial charge is 0.338 e. The lowest BCUT2D eigenvalue weighted by Crippen LogP contribution is -2.09. The number of rotatable bonds is 5. The minimum absolute atomic E-state index is 0.241. The summed E-state index contributed by atoms with van der Waals surface area (Å²) in [6.07, 6.45) is 3.77. The molecular weight excluding hydrogens is 196 g/mol. The molecule has 0 saturated carbocycles. The molecule has 4 nitrogen and oxygen atoms in total. The van der Waals surface area contributed by atoms with E-state index < -0.39 is 12.1 Å². The molecule has 0 bridgehead atoms. The van der Waals surface area contributed by atoms with Crippen molar-refractivity contribution in [2.45, 2.75) is 13.0 Å². The highest BCUT2D eigenvalue weighted by atomic mass is 16.5. The van der Waals surface area contributed by atoms with Gasteiger partial charge in [0.15, 0.2) is 0 Å². The number of esters is 1. The van der Waals surface area contributed by atoms with E-state index in [1.54, 1.807) is 19.1 Å². The first-order chi connectivity index (χ1) is 7.10. The van der Waals surface area contributed by atoms with Crippen LogP contribution in [0.3, 0.4) is 0 Å². The fourth-order valence-corrected chi connectivity index (χ4v) is 0.762. The van der Waals surface area contributed by atoms with Crippen LogP contribution in [-0.4, -0.2) is 38.0 Å². The molecule has 0 saturated heterocycles. The van der Waals surface area contributed by atoms with Gasteiger partial charge in [-0.05, 0) is 12.5 Å². The largest absolute Gasteiger partial charge is 0.465 e. The highest BCUT2D eigenvalue weighted by molar-refractivity contribution is 5.81. The zero-order valence-corrected chi connectivity index (χ0v) is 9.19. The maximum absolute atomic E-state index is 10.7. The molecule has 0 aliphatic rings. The maximum atomic E-state index is 10.7. The van der Waals surface area contributed by atoms with Crippen molar-refractivity contribution in [3.8, 4) is 0 Å². The van der Waals surface area contributed by atoms with Gasteiger partial charge in [-0.1, -0.05) is 12.2 Å². The summed E-state index contributed by atoms with van der Waals surface area (Å²) in [7, 11) is 2.81. The molecule has 0 aliphatic heterocycles. The summed E-state index contributed by atoms with van der Waals surface area (Å²) in [5.74, 6) is -0.458. The second kappa shape index (κ2) is 8.00. The Labute approximate surface area is 89.5 Å². The third-order valence-electron chi connectivity index (χ3n) is 1.52. The van der Waals surface area contributed by atoms with E-state index in [0.717, 1.165) is 5.57 Å². The Bertz CT molecular complexity index is 285. The summed E-state index contributed by atoms with van der Waals surface area (Å²) in [4.78, 5) is 10.7. The number of aliphatic hydroxyl groups excluding tert-OH is 1. The normalized spacial score (nSPS) is 12.0. The molecule has 0 aliphatic carbocycles. The van der Waals surface area contributed by atoms with E-state index >= 15 is 0 Å². The Balaban J connectivity index is 4.28. The molecule has 0 spiro atoms. The van der Waals surface area contributed by atoms with Crippen molar-refractivity contribution in [3.63, 3.8) is 0 Å². The topological polar surface area (TPSA) is 55.8 Å². The highest BCUT2D eigenvalue weighted by Crippen LogP contribution is 1.95. The van der Waals surface area contributed by atoms with Gasteiger partial charge in [0.1, 0.15) is 0 Å². The molecule has 0 heterocycles. The van der Waals surface area contributed by atoms with E-state index in [1.165, 1.54) is 20.3 Å². The van der Waals surface area contributed by atoms with Crippen LogP contribution >= 0.6 is 0 Å². The van der Waals surface area contributed by atoms with Gasteiger partial charge in [0.05, 0.1) is 25.9 Å². The van der Waals surface area contributed by atoms with Crippen LogP contribution in [0, 0.1) is 0 Å². The molecule has 0 aromatic carbocycles. The zero-order chi connectivity index (χ0) is 11.7. The molecule has 0 aromatic heterocycles. The summed E-state index contributed by atoms with van der Waals surface area (Å²) in [6, 6.07) is 0. The van der Waals surface area contributed by atoms with Gasteiger partial charge >= 0.3 is 5.97 Å². The molecule has 4 heteroatoms. The lowest BCUT2D eigenvalue weighted by Gasteiger charge is -2.01. The molecule has 0 radical (unpaired) electrons. The fourth-order valence-electron chi connectivity index (χ4n) is 0.762. The van der Waals surface area contributed by atoms with Crippen molar-refractivity contribution in [1.29, 1.82) is 0 Å². The van der Waals surface area contributed by atoms with Crippen LogP contribution in [0.25, 0.3) is 0 Å². The van der Waals surface area contributed by atoms with Crippen LogP contribution in [0.15, 0.2) is 29.5 Å². The molecule has 0 fully saturated rings. The van der Waals surface area contributed by atoms with Gasteiger partial charge in [-0.25, -0.2) is 4.79 Å². The third kappa shape index (κ3) is 7.70. The molecule has 0 amide bonds. The number of methoxy groups -OCH3 is 2. The van der Waals surface area contributed by atoms with Crippen molar-refractivity contribution in [1.82, 2.24) is 0 Å². The monoisotopic (exact) mass is 212 g/mol. The first kappa shape index (κ1) is 13.7. The van der Waals surface area contributed by atoms with Crippen LogP contribution in [-0.2, 0) is 14.3 Å². The lowest BCUT2D eigenvalue weighted by atomic mass is 10.2. The molecule has 1 atom stereocenters. The highest BCUT2D eigenvalue weighted by Gasteiger charge is 1.95. The van der Waals surface area contributed by atoms with Crippen molar-refractivity contribution >= 4 is 5.97 Å². The van der Waals surface area contributed by atoms with Gasteiger partial charge in [0.2, 0.25) is 0 Å². The van der Waals surface area contributed by atoms with Crippen molar-refractivity contribution in [2.75, 3.05) is 20.8 Å². The molecule has 84 valence electrons. The molecule has 0 unspecified atom stereocenters. The average molecular weight is 212 g/mol. The number of carbonyl (C=O) groups is 1. The quantitative estimate of drug-likeness (QED) is 0.317. The molecule has 15 heavy (non-hydrogen) atoms. The summed E-state index contributed by atoms with van der Waals surface area (Å²) < 4.78 is 9.14. The van der Waals surface area contributed by atoms with Crippen molar-refractivity contribution < 1.29 is 19.4 Å². The fraction of sp³-hybridized carbons (Fsp3) is 0.455. The van der Waals surface area contributed by atoms with Gasteiger partial charge < -0.3 is 14.6 Å². The van der Waals surface area contributed by atoms with E-state index in [9.17, 15) is 9.90 Å².